The zero-order chi connectivity index (χ0) is 21.6. The largest absolute Gasteiger partial charge is 0.465 e. The number of ether oxygens (including phenoxy) is 2. The predicted molar refractivity (Wildman–Crippen MR) is 121 cm³/mol. The van der Waals surface area contributed by atoms with E-state index in [1.54, 1.807) is 13.8 Å². The van der Waals surface area contributed by atoms with Crippen molar-refractivity contribution in [3.05, 3.63) is 53.6 Å². The Labute approximate surface area is 183 Å². The molecule has 0 bridgehead atoms. The Kier molecular flexibility index (Phi) is 7.59. The number of benzene rings is 2. The van der Waals surface area contributed by atoms with Gasteiger partial charge in [0.05, 0.1) is 13.2 Å². The van der Waals surface area contributed by atoms with E-state index in [1.807, 2.05) is 6.07 Å². The number of esters is 2. The second kappa shape index (κ2) is 10.2. The fourth-order valence-corrected chi connectivity index (χ4v) is 5.20. The first-order chi connectivity index (χ1) is 14.6. The first-order valence-electron chi connectivity index (χ1n) is 10.8. The van der Waals surface area contributed by atoms with E-state index in [2.05, 4.69) is 43.3 Å². The molecule has 4 nitrogen and oxygen atoms in total. The molecule has 2 aromatic rings. The van der Waals surface area contributed by atoms with Gasteiger partial charge >= 0.3 is 11.9 Å². The van der Waals surface area contributed by atoms with Crippen molar-refractivity contribution in [2.45, 2.75) is 62.5 Å². The van der Waals surface area contributed by atoms with E-state index < -0.39 is 16.7 Å². The molecule has 0 aliphatic heterocycles. The molecule has 0 spiro atoms. The molecule has 0 atom stereocenters. The number of fused-ring (bicyclic) bond motifs is 3. The molecule has 2 aromatic carbocycles. The van der Waals surface area contributed by atoms with Crippen LogP contribution >= 0.6 is 11.8 Å². The quantitative estimate of drug-likeness (QED) is 0.178. The average molecular weight is 427 g/mol. The summed E-state index contributed by atoms with van der Waals surface area (Å²) in [6.45, 7) is 6.08. The molecular formula is C25H30O4S. The highest BCUT2D eigenvalue weighted by Gasteiger charge is 2.49. The third kappa shape index (κ3) is 4.56. The van der Waals surface area contributed by atoms with Crippen LogP contribution in [0.1, 0.15) is 57.6 Å². The molecule has 0 fully saturated rings. The SMILES string of the molecule is CCCCCC(Sc1ccc2c(c1)Cc1ccccc1-2)(C(=O)OCC)C(=O)OCC. The maximum Gasteiger partial charge on any atom is 0.334 e. The maximum absolute atomic E-state index is 13.0. The van der Waals surface area contributed by atoms with Crippen molar-refractivity contribution in [3.63, 3.8) is 0 Å². The normalized spacial score (nSPS) is 12.2. The van der Waals surface area contributed by atoms with Crippen LogP contribution in [0.3, 0.4) is 0 Å². The third-order valence-electron chi connectivity index (χ3n) is 5.40. The van der Waals surface area contributed by atoms with Crippen LogP contribution < -0.4 is 0 Å². The molecule has 0 saturated carbocycles. The first kappa shape index (κ1) is 22.4. The number of thioether (sulfide) groups is 1. The lowest BCUT2D eigenvalue weighted by Gasteiger charge is -2.28. The number of rotatable bonds is 10. The molecule has 0 unspecified atom stereocenters. The average Bonchev–Trinajstić information content (AvgIpc) is 3.11. The molecular weight excluding hydrogens is 396 g/mol. The molecule has 160 valence electrons. The van der Waals surface area contributed by atoms with Gasteiger partial charge in [-0.3, -0.25) is 0 Å². The molecule has 1 aliphatic rings. The van der Waals surface area contributed by atoms with Crippen molar-refractivity contribution in [1.29, 1.82) is 0 Å². The highest BCUT2D eigenvalue weighted by molar-refractivity contribution is 8.02. The summed E-state index contributed by atoms with van der Waals surface area (Å²) in [5.41, 5.74) is 5.00. The van der Waals surface area contributed by atoms with Gasteiger partial charge in [-0.05, 0) is 61.1 Å². The fraction of sp³-hybridized carbons (Fsp3) is 0.440. The van der Waals surface area contributed by atoms with Crippen molar-refractivity contribution < 1.29 is 19.1 Å². The second-order valence-electron chi connectivity index (χ2n) is 7.48. The molecule has 0 saturated heterocycles. The molecule has 0 heterocycles. The van der Waals surface area contributed by atoms with Crippen LogP contribution in [0.5, 0.6) is 0 Å². The minimum atomic E-state index is -1.37. The van der Waals surface area contributed by atoms with E-state index in [9.17, 15) is 9.59 Å². The lowest BCUT2D eigenvalue weighted by Crippen LogP contribution is -2.46. The molecule has 5 heteroatoms. The van der Waals surface area contributed by atoms with Crippen molar-refractivity contribution in [1.82, 2.24) is 0 Å². The highest BCUT2D eigenvalue weighted by atomic mass is 32.2. The van der Waals surface area contributed by atoms with Gasteiger partial charge in [-0.2, -0.15) is 0 Å². The van der Waals surface area contributed by atoms with Crippen LogP contribution in [0.25, 0.3) is 11.1 Å². The zero-order valence-electron chi connectivity index (χ0n) is 18.0. The zero-order valence-corrected chi connectivity index (χ0v) is 18.8. The van der Waals surface area contributed by atoms with E-state index in [1.165, 1.54) is 34.0 Å². The summed E-state index contributed by atoms with van der Waals surface area (Å²) in [6.07, 6.45) is 3.98. The molecule has 30 heavy (non-hydrogen) atoms. The Balaban J connectivity index is 1.94. The lowest BCUT2D eigenvalue weighted by atomic mass is 10.0. The molecule has 3 rings (SSSR count). The standard InChI is InChI=1S/C25H30O4S/c1-4-7-10-15-25(23(26)28-5-2,24(27)29-6-3)30-20-13-14-22-19(17-20)16-18-11-8-9-12-21(18)22/h8-9,11-14,17H,4-7,10,15-16H2,1-3H3. The third-order valence-corrected chi connectivity index (χ3v) is 6.78. The molecule has 0 radical (unpaired) electrons. The Hall–Kier alpha value is -2.27. The smallest absolute Gasteiger partial charge is 0.334 e. The van der Waals surface area contributed by atoms with Gasteiger partial charge in [0.25, 0.3) is 0 Å². The topological polar surface area (TPSA) is 52.6 Å². The number of carbonyl (C=O) groups excluding carboxylic acids is 2. The number of hydrogen-bond acceptors (Lipinski definition) is 5. The number of hydrogen-bond donors (Lipinski definition) is 0. The van der Waals surface area contributed by atoms with Crippen LogP contribution in [0.4, 0.5) is 0 Å². The second-order valence-corrected chi connectivity index (χ2v) is 8.85. The van der Waals surface area contributed by atoms with Crippen LogP contribution in [0.15, 0.2) is 47.4 Å². The minimum Gasteiger partial charge on any atom is -0.465 e. The molecule has 0 amide bonds. The van der Waals surface area contributed by atoms with E-state index in [-0.39, 0.29) is 13.2 Å². The van der Waals surface area contributed by atoms with Gasteiger partial charge in [-0.1, -0.05) is 68.3 Å². The van der Waals surface area contributed by atoms with E-state index in [4.69, 9.17) is 9.47 Å². The summed E-state index contributed by atoms with van der Waals surface area (Å²) in [5.74, 6) is -1.01. The number of carbonyl (C=O) groups is 2. The van der Waals surface area contributed by atoms with Crippen molar-refractivity contribution >= 4 is 23.7 Å². The minimum absolute atomic E-state index is 0.230. The summed E-state index contributed by atoms with van der Waals surface area (Å²) >= 11 is 1.28. The fourth-order valence-electron chi connectivity index (χ4n) is 3.93. The summed E-state index contributed by atoms with van der Waals surface area (Å²) in [7, 11) is 0. The Morgan fingerprint density at radius 3 is 2.23 bits per heavy atom. The van der Waals surface area contributed by atoms with Crippen LogP contribution in [-0.4, -0.2) is 29.9 Å². The van der Waals surface area contributed by atoms with Crippen LogP contribution in [-0.2, 0) is 25.5 Å². The van der Waals surface area contributed by atoms with Gasteiger partial charge in [-0.15, -0.1) is 0 Å². The van der Waals surface area contributed by atoms with E-state index in [0.29, 0.717) is 6.42 Å². The summed E-state index contributed by atoms with van der Waals surface area (Å²) in [5, 5.41) is 0. The highest BCUT2D eigenvalue weighted by Crippen LogP contribution is 2.43. The molecule has 0 aromatic heterocycles. The maximum atomic E-state index is 13.0. The van der Waals surface area contributed by atoms with Gasteiger partial charge in [0.2, 0.25) is 4.75 Å². The lowest BCUT2D eigenvalue weighted by molar-refractivity contribution is -0.159. The van der Waals surface area contributed by atoms with Crippen LogP contribution in [0, 0.1) is 0 Å². The van der Waals surface area contributed by atoms with Gasteiger partial charge < -0.3 is 9.47 Å². The summed E-state index contributed by atoms with van der Waals surface area (Å²) in [4.78, 5) is 27.0. The van der Waals surface area contributed by atoms with Gasteiger partial charge in [0.15, 0.2) is 0 Å². The molecule has 0 N–H and O–H groups in total. The summed E-state index contributed by atoms with van der Waals surface area (Å²) in [6, 6.07) is 14.6. The van der Waals surface area contributed by atoms with E-state index >= 15 is 0 Å². The summed E-state index contributed by atoms with van der Waals surface area (Å²) < 4.78 is 9.35. The van der Waals surface area contributed by atoms with Crippen molar-refractivity contribution in [3.8, 4) is 11.1 Å². The van der Waals surface area contributed by atoms with E-state index in [0.717, 1.165) is 30.6 Å². The van der Waals surface area contributed by atoms with Crippen molar-refractivity contribution in [2.75, 3.05) is 13.2 Å². The van der Waals surface area contributed by atoms with Crippen LogP contribution in [0.2, 0.25) is 0 Å². The Morgan fingerprint density at radius 1 is 0.900 bits per heavy atom. The Bertz CT molecular complexity index is 888. The van der Waals surface area contributed by atoms with Gasteiger partial charge in [-0.25, -0.2) is 9.59 Å². The monoisotopic (exact) mass is 426 g/mol. The Morgan fingerprint density at radius 2 is 1.57 bits per heavy atom. The van der Waals surface area contributed by atoms with Gasteiger partial charge in [0, 0.05) is 4.90 Å². The molecule has 1 aliphatic carbocycles. The predicted octanol–water partition coefficient (Wildman–Crippen LogP) is 5.80. The first-order valence-corrected chi connectivity index (χ1v) is 11.6. The number of unbranched alkanes of at least 4 members (excludes halogenated alkanes) is 2. The van der Waals surface area contributed by atoms with Crippen molar-refractivity contribution in [2.24, 2.45) is 0 Å². The van der Waals surface area contributed by atoms with Gasteiger partial charge in [0.1, 0.15) is 0 Å².